The molecule has 0 amide bonds. The second-order valence-electron chi connectivity index (χ2n) is 3.23. The molecule has 6 heteroatoms. The van der Waals surface area contributed by atoms with Crippen molar-refractivity contribution in [2.75, 3.05) is 5.32 Å². The first kappa shape index (κ1) is 10.9. The zero-order chi connectivity index (χ0) is 11.7. The maximum Gasteiger partial charge on any atom is 0.207 e. The molecule has 1 aromatic carbocycles. The summed E-state index contributed by atoms with van der Waals surface area (Å²) in [5, 5.41) is 2.67. The minimum atomic E-state index is -0.756. The van der Waals surface area contributed by atoms with Crippen molar-refractivity contribution in [3.05, 3.63) is 41.2 Å². The number of aryl methyl sites for hydroxylation is 1. The zero-order valence-corrected chi connectivity index (χ0v) is 9.09. The topological polar surface area (TPSA) is 29.9 Å². The third kappa shape index (κ3) is 1.99. The van der Waals surface area contributed by atoms with Gasteiger partial charge in [0.1, 0.15) is 5.82 Å². The molecule has 0 saturated carbocycles. The Hall–Kier alpha value is -1.62. The van der Waals surface area contributed by atoms with E-state index in [-0.39, 0.29) is 10.7 Å². The number of benzene rings is 1. The lowest BCUT2D eigenvalue weighted by molar-refractivity contribution is 0.586. The summed E-state index contributed by atoms with van der Waals surface area (Å²) in [6.07, 6.45) is 3.25. The van der Waals surface area contributed by atoms with E-state index in [1.807, 2.05) is 0 Å². The third-order valence-corrected chi connectivity index (χ3v) is 2.36. The fourth-order valence-electron chi connectivity index (χ4n) is 1.26. The average molecular weight is 244 g/mol. The molecule has 16 heavy (non-hydrogen) atoms. The SMILES string of the molecule is Cn1ccnc1Nc1c(F)cc(F)cc1Cl. The summed E-state index contributed by atoms with van der Waals surface area (Å²) in [5.41, 5.74) is 0.0115. The Morgan fingerprint density at radius 1 is 1.38 bits per heavy atom. The zero-order valence-electron chi connectivity index (χ0n) is 8.34. The number of anilines is 2. The van der Waals surface area contributed by atoms with Crippen molar-refractivity contribution < 1.29 is 8.78 Å². The first-order valence-corrected chi connectivity index (χ1v) is 4.84. The van der Waals surface area contributed by atoms with Gasteiger partial charge in [-0.3, -0.25) is 0 Å². The molecule has 0 aliphatic heterocycles. The summed E-state index contributed by atoms with van der Waals surface area (Å²) in [5.74, 6) is -1.05. The van der Waals surface area contributed by atoms with E-state index in [4.69, 9.17) is 11.6 Å². The average Bonchev–Trinajstić information content (AvgIpc) is 2.57. The Labute approximate surface area is 95.7 Å². The molecule has 84 valence electrons. The van der Waals surface area contributed by atoms with Gasteiger partial charge in [-0.05, 0) is 6.07 Å². The van der Waals surface area contributed by atoms with Gasteiger partial charge >= 0.3 is 0 Å². The van der Waals surface area contributed by atoms with Gasteiger partial charge in [-0.2, -0.15) is 0 Å². The molecule has 0 aliphatic carbocycles. The molecule has 3 nitrogen and oxygen atoms in total. The van der Waals surface area contributed by atoms with Crippen molar-refractivity contribution in [2.24, 2.45) is 7.05 Å². The monoisotopic (exact) mass is 243 g/mol. The lowest BCUT2D eigenvalue weighted by atomic mass is 10.3. The Balaban J connectivity index is 2.39. The van der Waals surface area contributed by atoms with E-state index in [1.54, 1.807) is 24.0 Å². The second-order valence-corrected chi connectivity index (χ2v) is 3.64. The lowest BCUT2D eigenvalue weighted by Crippen LogP contribution is -2.01. The maximum absolute atomic E-state index is 13.4. The highest BCUT2D eigenvalue weighted by Crippen LogP contribution is 2.28. The number of nitrogens with zero attached hydrogens (tertiary/aromatic N) is 2. The summed E-state index contributed by atoms with van der Waals surface area (Å²) in [7, 11) is 1.74. The van der Waals surface area contributed by atoms with Crippen molar-refractivity contribution in [3.8, 4) is 0 Å². The Morgan fingerprint density at radius 2 is 2.12 bits per heavy atom. The Kier molecular flexibility index (Phi) is 2.78. The highest BCUT2D eigenvalue weighted by molar-refractivity contribution is 6.33. The minimum Gasteiger partial charge on any atom is -0.322 e. The van der Waals surface area contributed by atoms with Crippen LogP contribution in [0.25, 0.3) is 0 Å². The minimum absolute atomic E-state index is 0.0115. The number of imidazole rings is 1. The van der Waals surface area contributed by atoms with Gasteiger partial charge in [-0.25, -0.2) is 13.8 Å². The molecule has 2 aromatic rings. The van der Waals surface area contributed by atoms with Crippen LogP contribution in [0.1, 0.15) is 0 Å². The number of hydrogen-bond donors (Lipinski definition) is 1. The molecule has 0 bridgehead atoms. The largest absolute Gasteiger partial charge is 0.322 e. The molecular weight excluding hydrogens is 236 g/mol. The summed E-state index contributed by atoms with van der Waals surface area (Å²) < 4.78 is 27.9. The van der Waals surface area contributed by atoms with Crippen molar-refractivity contribution in [2.45, 2.75) is 0 Å². The van der Waals surface area contributed by atoms with E-state index in [1.165, 1.54) is 0 Å². The van der Waals surface area contributed by atoms with E-state index in [2.05, 4.69) is 10.3 Å². The Bertz CT molecular complexity index is 502. The predicted octanol–water partition coefficient (Wildman–Crippen LogP) is 3.10. The number of rotatable bonds is 2. The molecule has 1 aromatic heterocycles. The van der Waals surface area contributed by atoms with Crippen LogP contribution in [0.4, 0.5) is 20.4 Å². The molecule has 1 heterocycles. The molecule has 2 rings (SSSR count). The van der Waals surface area contributed by atoms with Crippen molar-refractivity contribution in [1.29, 1.82) is 0 Å². The van der Waals surface area contributed by atoms with Crippen molar-refractivity contribution >= 4 is 23.2 Å². The van der Waals surface area contributed by atoms with Gasteiger partial charge < -0.3 is 9.88 Å². The highest BCUT2D eigenvalue weighted by Gasteiger charge is 2.11. The van der Waals surface area contributed by atoms with E-state index in [9.17, 15) is 8.78 Å². The normalized spacial score (nSPS) is 10.5. The molecule has 0 spiro atoms. The molecule has 0 aliphatic rings. The van der Waals surface area contributed by atoms with Crippen molar-refractivity contribution in [1.82, 2.24) is 9.55 Å². The maximum atomic E-state index is 13.4. The Morgan fingerprint density at radius 3 is 2.69 bits per heavy atom. The molecule has 0 unspecified atom stereocenters. The van der Waals surface area contributed by atoms with Crippen LogP contribution < -0.4 is 5.32 Å². The molecule has 0 atom stereocenters. The van der Waals surface area contributed by atoms with Gasteiger partial charge in [0.25, 0.3) is 0 Å². The van der Waals surface area contributed by atoms with Crippen LogP contribution in [0.15, 0.2) is 24.5 Å². The van der Waals surface area contributed by atoms with Crippen LogP contribution in [0.5, 0.6) is 0 Å². The molecule has 0 radical (unpaired) electrons. The summed E-state index contributed by atoms with van der Waals surface area (Å²) in [6.45, 7) is 0. The molecule has 0 saturated heterocycles. The molecule has 0 fully saturated rings. The van der Waals surface area contributed by atoms with E-state index in [0.717, 1.165) is 12.1 Å². The molecule has 1 N–H and O–H groups in total. The van der Waals surface area contributed by atoms with Gasteiger partial charge in [-0.1, -0.05) is 11.6 Å². The highest BCUT2D eigenvalue weighted by atomic mass is 35.5. The summed E-state index contributed by atoms with van der Waals surface area (Å²) in [4.78, 5) is 3.95. The van der Waals surface area contributed by atoms with Crippen LogP contribution in [-0.2, 0) is 7.05 Å². The van der Waals surface area contributed by atoms with Crippen LogP contribution in [0, 0.1) is 11.6 Å². The number of nitrogens with one attached hydrogen (secondary N) is 1. The van der Waals surface area contributed by atoms with Gasteiger partial charge in [0.2, 0.25) is 5.95 Å². The second kappa shape index (κ2) is 4.09. The van der Waals surface area contributed by atoms with E-state index < -0.39 is 11.6 Å². The van der Waals surface area contributed by atoms with Gasteiger partial charge in [0.15, 0.2) is 5.82 Å². The fraction of sp³-hybridized carbons (Fsp3) is 0.100. The number of aromatic nitrogens is 2. The fourth-order valence-corrected chi connectivity index (χ4v) is 1.50. The van der Waals surface area contributed by atoms with Gasteiger partial charge in [-0.15, -0.1) is 0 Å². The van der Waals surface area contributed by atoms with Gasteiger partial charge in [0.05, 0.1) is 10.7 Å². The van der Waals surface area contributed by atoms with Crippen LogP contribution >= 0.6 is 11.6 Å². The third-order valence-electron chi connectivity index (χ3n) is 2.06. The van der Waals surface area contributed by atoms with Crippen LogP contribution in [-0.4, -0.2) is 9.55 Å². The van der Waals surface area contributed by atoms with E-state index >= 15 is 0 Å². The lowest BCUT2D eigenvalue weighted by Gasteiger charge is -2.09. The van der Waals surface area contributed by atoms with Crippen LogP contribution in [0.3, 0.4) is 0 Å². The van der Waals surface area contributed by atoms with Gasteiger partial charge in [0, 0.05) is 25.5 Å². The summed E-state index contributed by atoms with van der Waals surface area (Å²) >= 11 is 5.72. The first-order chi connectivity index (χ1) is 7.58. The quantitative estimate of drug-likeness (QED) is 0.878. The number of hydrogen-bond acceptors (Lipinski definition) is 2. The van der Waals surface area contributed by atoms with E-state index in [0.29, 0.717) is 5.95 Å². The smallest absolute Gasteiger partial charge is 0.207 e. The number of halogens is 3. The first-order valence-electron chi connectivity index (χ1n) is 4.47. The van der Waals surface area contributed by atoms with Crippen molar-refractivity contribution in [3.63, 3.8) is 0 Å². The predicted molar refractivity (Wildman–Crippen MR) is 57.9 cm³/mol. The van der Waals surface area contributed by atoms with Crippen LogP contribution in [0.2, 0.25) is 5.02 Å². The standard InChI is InChI=1S/C10H8ClF2N3/c1-16-3-2-14-10(16)15-9-7(11)4-6(12)5-8(9)13/h2-5H,1H3,(H,14,15). The molecular formula is C10H8ClF2N3. The summed E-state index contributed by atoms with van der Waals surface area (Å²) in [6, 6.07) is 1.80.